The molecule has 0 aliphatic carbocycles. The van der Waals surface area contributed by atoms with Gasteiger partial charge >= 0.3 is 5.97 Å². The van der Waals surface area contributed by atoms with Crippen molar-refractivity contribution in [1.82, 2.24) is 0 Å². The fourth-order valence-electron chi connectivity index (χ4n) is 2.12. The zero-order valence-corrected chi connectivity index (χ0v) is 13.6. The minimum Gasteiger partial charge on any atom is -0.462 e. The van der Waals surface area contributed by atoms with E-state index in [2.05, 4.69) is 10.6 Å². The Morgan fingerprint density at radius 3 is 2.56 bits per heavy atom. The number of anilines is 2. The molecule has 0 unspecified atom stereocenters. The number of rotatable bonds is 7. The second kappa shape index (κ2) is 8.77. The summed E-state index contributed by atoms with van der Waals surface area (Å²) in [5, 5.41) is 5.47. The molecule has 0 aliphatic heterocycles. The molecule has 0 saturated carbocycles. The molecule has 0 saturated heterocycles. The maximum Gasteiger partial charge on any atom is 0.340 e. The van der Waals surface area contributed by atoms with Crippen LogP contribution in [0.1, 0.15) is 23.7 Å². The third kappa shape index (κ3) is 5.27. The molecule has 0 aromatic heterocycles. The average Bonchev–Trinajstić information content (AvgIpc) is 2.59. The first-order valence-electron chi connectivity index (χ1n) is 7.76. The van der Waals surface area contributed by atoms with Crippen LogP contribution in [0, 0.1) is 11.6 Å². The van der Waals surface area contributed by atoms with Gasteiger partial charge in [0.25, 0.3) is 0 Å². The fraction of sp³-hybridized carbons (Fsp3) is 0.222. The Kier molecular flexibility index (Phi) is 6.45. The molecule has 0 spiro atoms. The third-order valence-corrected chi connectivity index (χ3v) is 3.30. The van der Waals surface area contributed by atoms with Crippen LogP contribution in [-0.2, 0) is 9.53 Å². The molecule has 0 fully saturated rings. The SMILES string of the molecule is CCOC(=O)c1ccccc1NC(=O)CCNc1ccc(F)c(F)c1. The van der Waals surface area contributed by atoms with Gasteiger partial charge in [0.05, 0.1) is 17.9 Å². The number of halogens is 2. The van der Waals surface area contributed by atoms with Gasteiger partial charge < -0.3 is 15.4 Å². The predicted octanol–water partition coefficient (Wildman–Crippen LogP) is 3.58. The molecule has 0 heterocycles. The molecule has 7 heteroatoms. The lowest BCUT2D eigenvalue weighted by molar-refractivity contribution is -0.115. The monoisotopic (exact) mass is 348 g/mol. The number of esters is 1. The number of para-hydroxylation sites is 1. The highest BCUT2D eigenvalue weighted by molar-refractivity contribution is 6.01. The summed E-state index contributed by atoms with van der Waals surface area (Å²) in [6.45, 7) is 2.15. The lowest BCUT2D eigenvalue weighted by Crippen LogP contribution is -2.18. The Hall–Kier alpha value is -2.96. The van der Waals surface area contributed by atoms with Crippen LogP contribution in [-0.4, -0.2) is 25.0 Å². The summed E-state index contributed by atoms with van der Waals surface area (Å²) in [5.74, 6) is -2.73. The van der Waals surface area contributed by atoms with Gasteiger partial charge in [-0.3, -0.25) is 4.79 Å². The summed E-state index contributed by atoms with van der Waals surface area (Å²) in [6.07, 6.45) is 0.0795. The van der Waals surface area contributed by atoms with Crippen LogP contribution in [0.3, 0.4) is 0 Å². The maximum absolute atomic E-state index is 13.1. The Labute approximate surface area is 144 Å². The third-order valence-electron chi connectivity index (χ3n) is 3.30. The first-order valence-corrected chi connectivity index (χ1v) is 7.76. The standard InChI is InChI=1S/C18H18F2N2O3/c1-2-25-18(24)13-5-3-4-6-16(13)22-17(23)9-10-21-12-7-8-14(19)15(20)11-12/h3-8,11,21H,2,9-10H2,1H3,(H,22,23). The first-order chi connectivity index (χ1) is 12.0. The van der Waals surface area contributed by atoms with Crippen LogP contribution in [0.15, 0.2) is 42.5 Å². The zero-order chi connectivity index (χ0) is 18.2. The Morgan fingerprint density at radius 1 is 1.08 bits per heavy atom. The van der Waals surface area contributed by atoms with Crippen molar-refractivity contribution in [3.63, 3.8) is 0 Å². The minimum atomic E-state index is -0.960. The van der Waals surface area contributed by atoms with Crippen molar-refractivity contribution in [2.24, 2.45) is 0 Å². The minimum absolute atomic E-state index is 0.0795. The number of carbonyl (C=O) groups is 2. The van der Waals surface area contributed by atoms with Crippen LogP contribution in [0.2, 0.25) is 0 Å². The Bertz CT molecular complexity index is 766. The van der Waals surface area contributed by atoms with Gasteiger partial charge in [-0.1, -0.05) is 12.1 Å². The lowest BCUT2D eigenvalue weighted by Gasteiger charge is -2.11. The Morgan fingerprint density at radius 2 is 1.84 bits per heavy atom. The van der Waals surface area contributed by atoms with Crippen molar-refractivity contribution < 1.29 is 23.1 Å². The highest BCUT2D eigenvalue weighted by Crippen LogP contribution is 2.17. The van der Waals surface area contributed by atoms with Crippen molar-refractivity contribution in [1.29, 1.82) is 0 Å². The van der Waals surface area contributed by atoms with Crippen molar-refractivity contribution in [3.05, 3.63) is 59.7 Å². The molecular weight excluding hydrogens is 330 g/mol. The number of hydrogen-bond acceptors (Lipinski definition) is 4. The van der Waals surface area contributed by atoms with Gasteiger partial charge in [0, 0.05) is 18.7 Å². The lowest BCUT2D eigenvalue weighted by atomic mass is 10.1. The number of ether oxygens (including phenoxy) is 1. The van der Waals surface area contributed by atoms with E-state index in [1.54, 1.807) is 31.2 Å². The molecule has 132 valence electrons. The van der Waals surface area contributed by atoms with Crippen LogP contribution in [0.5, 0.6) is 0 Å². The molecule has 2 aromatic carbocycles. The molecule has 2 rings (SSSR count). The largest absolute Gasteiger partial charge is 0.462 e. The summed E-state index contributed by atoms with van der Waals surface area (Å²) >= 11 is 0. The van der Waals surface area contributed by atoms with Crippen LogP contribution >= 0.6 is 0 Å². The molecule has 2 aromatic rings. The topological polar surface area (TPSA) is 67.4 Å². The highest BCUT2D eigenvalue weighted by Gasteiger charge is 2.13. The molecular formula is C18H18F2N2O3. The second-order valence-corrected chi connectivity index (χ2v) is 5.12. The number of benzene rings is 2. The summed E-state index contributed by atoms with van der Waals surface area (Å²) in [7, 11) is 0. The van der Waals surface area contributed by atoms with Gasteiger partial charge in [0.1, 0.15) is 0 Å². The van der Waals surface area contributed by atoms with Crippen LogP contribution < -0.4 is 10.6 Å². The van der Waals surface area contributed by atoms with E-state index >= 15 is 0 Å². The van der Waals surface area contributed by atoms with E-state index in [4.69, 9.17) is 4.74 Å². The fourth-order valence-corrected chi connectivity index (χ4v) is 2.12. The van der Waals surface area contributed by atoms with Crippen molar-refractivity contribution >= 4 is 23.3 Å². The van der Waals surface area contributed by atoms with Gasteiger partial charge in [0.15, 0.2) is 11.6 Å². The average molecular weight is 348 g/mol. The second-order valence-electron chi connectivity index (χ2n) is 5.12. The van der Waals surface area contributed by atoms with Crippen molar-refractivity contribution in [3.8, 4) is 0 Å². The number of nitrogens with one attached hydrogen (secondary N) is 2. The van der Waals surface area contributed by atoms with Crippen LogP contribution in [0.25, 0.3) is 0 Å². The van der Waals surface area contributed by atoms with E-state index in [1.165, 1.54) is 6.07 Å². The summed E-state index contributed by atoms with van der Waals surface area (Å²) < 4.78 is 30.9. The summed E-state index contributed by atoms with van der Waals surface area (Å²) in [6, 6.07) is 9.94. The van der Waals surface area contributed by atoms with Gasteiger partial charge in [-0.25, -0.2) is 13.6 Å². The molecule has 5 nitrogen and oxygen atoms in total. The summed E-state index contributed by atoms with van der Waals surface area (Å²) in [4.78, 5) is 23.9. The van der Waals surface area contributed by atoms with Crippen LogP contribution in [0.4, 0.5) is 20.2 Å². The van der Waals surface area contributed by atoms with E-state index in [1.807, 2.05) is 0 Å². The molecule has 0 atom stereocenters. The molecule has 25 heavy (non-hydrogen) atoms. The molecule has 0 radical (unpaired) electrons. The van der Waals surface area contributed by atoms with Gasteiger partial charge in [-0.15, -0.1) is 0 Å². The van der Waals surface area contributed by atoms with Crippen molar-refractivity contribution in [2.75, 3.05) is 23.8 Å². The predicted molar refractivity (Wildman–Crippen MR) is 90.5 cm³/mol. The number of amides is 1. The highest BCUT2D eigenvalue weighted by atomic mass is 19.2. The van der Waals surface area contributed by atoms with E-state index in [-0.39, 0.29) is 31.0 Å². The first kappa shape index (κ1) is 18.4. The Balaban J connectivity index is 1.90. The summed E-state index contributed by atoms with van der Waals surface area (Å²) in [5.41, 5.74) is 1.00. The zero-order valence-electron chi connectivity index (χ0n) is 13.6. The van der Waals surface area contributed by atoms with Gasteiger partial charge in [-0.05, 0) is 37.3 Å². The smallest absolute Gasteiger partial charge is 0.340 e. The number of carbonyl (C=O) groups excluding carboxylic acids is 2. The van der Waals surface area contributed by atoms with E-state index in [0.717, 1.165) is 12.1 Å². The van der Waals surface area contributed by atoms with Gasteiger partial charge in [-0.2, -0.15) is 0 Å². The van der Waals surface area contributed by atoms with Gasteiger partial charge in [0.2, 0.25) is 5.91 Å². The van der Waals surface area contributed by atoms with E-state index in [0.29, 0.717) is 11.4 Å². The molecule has 2 N–H and O–H groups in total. The van der Waals surface area contributed by atoms with E-state index in [9.17, 15) is 18.4 Å². The molecule has 1 amide bonds. The maximum atomic E-state index is 13.1. The number of hydrogen-bond donors (Lipinski definition) is 2. The van der Waals surface area contributed by atoms with E-state index < -0.39 is 17.6 Å². The normalized spacial score (nSPS) is 10.2. The molecule has 0 bridgehead atoms. The quantitative estimate of drug-likeness (QED) is 0.751. The molecule has 0 aliphatic rings. The van der Waals surface area contributed by atoms with Crippen molar-refractivity contribution in [2.45, 2.75) is 13.3 Å².